The van der Waals surface area contributed by atoms with Crippen molar-refractivity contribution < 1.29 is 36.2 Å². The molecule has 0 radical (unpaired) electrons. The number of hydrogen-bond acceptors (Lipinski definition) is 8. The summed E-state index contributed by atoms with van der Waals surface area (Å²) in [4.78, 5) is 24.7. The maximum absolute atomic E-state index is 12.7. The summed E-state index contributed by atoms with van der Waals surface area (Å²) in [6.45, 7) is 3.43. The highest BCUT2D eigenvalue weighted by Gasteiger charge is 2.31. The normalized spacial score (nSPS) is 11.7. The molecular weight excluding hydrogens is 686 g/mol. The van der Waals surface area contributed by atoms with E-state index in [9.17, 15) is 41.0 Å². The summed E-state index contributed by atoms with van der Waals surface area (Å²) >= 11 is 0. The van der Waals surface area contributed by atoms with Gasteiger partial charge in [-0.25, -0.2) is 18.7 Å². The Morgan fingerprint density at radius 1 is 0.647 bits per heavy atom. The molecule has 12 nitrogen and oxygen atoms in total. The monoisotopic (exact) mass is 714 g/mol. The van der Waals surface area contributed by atoms with E-state index in [1.807, 2.05) is 0 Å². The van der Waals surface area contributed by atoms with Crippen LogP contribution in [0.3, 0.4) is 0 Å². The van der Waals surface area contributed by atoms with E-state index in [1.54, 1.807) is 26.2 Å². The quantitative estimate of drug-likeness (QED) is 0.227. The number of ether oxygens (including phenoxy) is 1. The molecule has 1 N–H and O–H groups in total. The lowest BCUT2D eigenvalue weighted by Crippen LogP contribution is -2.22. The van der Waals surface area contributed by atoms with Gasteiger partial charge in [-0.05, 0) is 73.5 Å². The van der Waals surface area contributed by atoms with Gasteiger partial charge in [-0.3, -0.25) is 9.59 Å². The number of aromatic nitrogens is 8. The van der Waals surface area contributed by atoms with Gasteiger partial charge in [0.25, 0.3) is 11.1 Å². The maximum Gasteiger partial charge on any atom is 0.416 e. The number of alkyl halides is 6. The van der Waals surface area contributed by atoms with Crippen LogP contribution in [-0.2, 0) is 26.4 Å². The molecule has 0 aliphatic rings. The first-order chi connectivity index (χ1) is 23.9. The standard InChI is InChI=1S/C17H15F3N4O2.C16H13F3N4O2/c1-10-9-24(12-6-4-11(5-7-12)17(18,19)20)22-15(10)14-13(26-3)8-21-23(2)16(14)25;1-9-8-23(11-5-3-10(4-6-11)16(17,18)19)21-14(9)13-12(24)7-20-22(2)15(13)25/h4-9H,1-3H3;3-8,24H,1-2H3. The molecule has 0 fully saturated rings. The molecule has 2 aromatic carbocycles. The number of halogens is 6. The summed E-state index contributed by atoms with van der Waals surface area (Å²) in [5, 5.41) is 26.2. The van der Waals surface area contributed by atoms with Crippen molar-refractivity contribution in [3.63, 3.8) is 0 Å². The van der Waals surface area contributed by atoms with E-state index in [2.05, 4.69) is 20.4 Å². The summed E-state index contributed by atoms with van der Waals surface area (Å²) in [6, 6.07) is 9.08. The summed E-state index contributed by atoms with van der Waals surface area (Å²) in [6.07, 6.45) is -3.08. The van der Waals surface area contributed by atoms with Crippen molar-refractivity contribution in [3.8, 4) is 45.4 Å². The van der Waals surface area contributed by atoms with E-state index in [0.717, 1.165) is 39.8 Å². The van der Waals surface area contributed by atoms with Crippen LogP contribution in [0.4, 0.5) is 26.3 Å². The Labute approximate surface area is 284 Å². The van der Waals surface area contributed by atoms with Crippen molar-refractivity contribution in [1.82, 2.24) is 39.1 Å². The third-order valence-corrected chi connectivity index (χ3v) is 7.63. The van der Waals surface area contributed by atoms with E-state index in [-0.39, 0.29) is 33.9 Å². The number of methoxy groups -OCH3 is 1. The van der Waals surface area contributed by atoms with Crippen LogP contribution in [0.25, 0.3) is 33.9 Å². The van der Waals surface area contributed by atoms with E-state index in [1.165, 1.54) is 61.0 Å². The zero-order valence-electron chi connectivity index (χ0n) is 27.4. The van der Waals surface area contributed by atoms with Crippen LogP contribution in [-0.4, -0.2) is 51.3 Å². The smallest absolute Gasteiger partial charge is 0.416 e. The van der Waals surface area contributed by atoms with Gasteiger partial charge in [-0.2, -0.15) is 46.7 Å². The summed E-state index contributed by atoms with van der Waals surface area (Å²) in [7, 11) is 4.36. The van der Waals surface area contributed by atoms with Gasteiger partial charge in [0.05, 0.1) is 42.0 Å². The molecule has 0 aliphatic carbocycles. The summed E-state index contributed by atoms with van der Waals surface area (Å²) in [5.74, 6) is -0.0438. The number of nitrogens with zero attached hydrogens (tertiary/aromatic N) is 8. The van der Waals surface area contributed by atoms with Crippen LogP contribution in [0, 0.1) is 13.8 Å². The van der Waals surface area contributed by atoms with Gasteiger partial charge in [0.15, 0.2) is 11.5 Å². The van der Waals surface area contributed by atoms with E-state index in [0.29, 0.717) is 28.2 Å². The molecular formula is C33H28F6N8O4. The second-order valence-electron chi connectivity index (χ2n) is 11.2. The molecule has 0 saturated heterocycles. The average Bonchev–Trinajstić information content (AvgIpc) is 3.66. The fraction of sp³-hybridized carbons (Fsp3) is 0.212. The lowest BCUT2D eigenvalue weighted by atomic mass is 10.1. The number of aromatic hydroxyl groups is 1. The minimum Gasteiger partial charge on any atom is -0.505 e. The van der Waals surface area contributed by atoms with Gasteiger partial charge in [0.1, 0.15) is 22.5 Å². The minimum absolute atomic E-state index is 0.0133. The topological polar surface area (TPSA) is 135 Å². The van der Waals surface area contributed by atoms with Gasteiger partial charge in [-0.1, -0.05) is 0 Å². The van der Waals surface area contributed by atoms with E-state index in [4.69, 9.17) is 4.74 Å². The highest BCUT2D eigenvalue weighted by atomic mass is 19.4. The first kappa shape index (κ1) is 36.1. The highest BCUT2D eigenvalue weighted by Crippen LogP contribution is 2.32. The minimum atomic E-state index is -4.42. The Morgan fingerprint density at radius 3 is 1.45 bits per heavy atom. The molecule has 0 spiro atoms. The molecule has 0 aliphatic heterocycles. The highest BCUT2D eigenvalue weighted by molar-refractivity contribution is 5.69. The first-order valence-corrected chi connectivity index (χ1v) is 14.7. The molecule has 266 valence electrons. The molecule has 4 aromatic heterocycles. The van der Waals surface area contributed by atoms with Gasteiger partial charge < -0.3 is 9.84 Å². The molecule has 4 heterocycles. The second-order valence-corrected chi connectivity index (χ2v) is 11.2. The lowest BCUT2D eigenvalue weighted by molar-refractivity contribution is -0.138. The first-order valence-electron chi connectivity index (χ1n) is 14.7. The molecule has 0 atom stereocenters. The Bertz CT molecular complexity index is 2320. The molecule has 0 amide bonds. The van der Waals surface area contributed by atoms with Crippen molar-refractivity contribution >= 4 is 0 Å². The Balaban J connectivity index is 0.000000198. The van der Waals surface area contributed by atoms with Gasteiger partial charge in [0, 0.05) is 26.5 Å². The molecule has 0 saturated carbocycles. The van der Waals surface area contributed by atoms with Gasteiger partial charge >= 0.3 is 12.4 Å². The number of aryl methyl sites for hydroxylation is 4. The van der Waals surface area contributed by atoms with Crippen LogP contribution >= 0.6 is 0 Å². The van der Waals surface area contributed by atoms with Crippen LogP contribution in [0.15, 0.2) is 82.9 Å². The van der Waals surface area contributed by atoms with Crippen molar-refractivity contribution in [1.29, 1.82) is 0 Å². The molecule has 51 heavy (non-hydrogen) atoms. The largest absolute Gasteiger partial charge is 0.505 e. The van der Waals surface area contributed by atoms with E-state index >= 15 is 0 Å². The maximum atomic E-state index is 12.7. The van der Waals surface area contributed by atoms with Gasteiger partial charge in [0.2, 0.25) is 0 Å². The fourth-order valence-corrected chi connectivity index (χ4v) is 4.93. The zero-order chi connectivity index (χ0) is 37.4. The molecule has 6 aromatic rings. The zero-order valence-corrected chi connectivity index (χ0v) is 27.4. The summed E-state index contributed by atoms with van der Waals surface area (Å²) < 4.78 is 86.2. The van der Waals surface area contributed by atoms with Crippen LogP contribution in [0.1, 0.15) is 22.3 Å². The number of benzene rings is 2. The van der Waals surface area contributed by atoms with E-state index < -0.39 is 29.0 Å². The third kappa shape index (κ3) is 7.38. The number of hydrogen-bond donors (Lipinski definition) is 1. The van der Waals surface area contributed by atoms with Crippen molar-refractivity contribution in [2.24, 2.45) is 14.1 Å². The Hall–Kier alpha value is -6.20. The SMILES string of the molecule is COc1cnn(C)c(=O)c1-c1nn(-c2ccc(C(F)(F)F)cc2)cc1C.Cc1cn(-c2ccc(C(F)(F)F)cc2)nc1-c1c(O)cnn(C)c1=O. The van der Waals surface area contributed by atoms with Crippen molar-refractivity contribution in [2.75, 3.05) is 7.11 Å². The Morgan fingerprint density at radius 2 is 1.04 bits per heavy atom. The van der Waals surface area contributed by atoms with Crippen LogP contribution in [0.2, 0.25) is 0 Å². The van der Waals surface area contributed by atoms with Crippen LogP contribution in [0.5, 0.6) is 11.5 Å². The lowest BCUT2D eigenvalue weighted by Gasteiger charge is -2.08. The second kappa shape index (κ2) is 13.6. The summed E-state index contributed by atoms with van der Waals surface area (Å²) in [5.41, 5.74) is 0.524. The molecule has 0 unspecified atom stereocenters. The van der Waals surface area contributed by atoms with Crippen molar-refractivity contribution in [2.45, 2.75) is 26.2 Å². The fourth-order valence-electron chi connectivity index (χ4n) is 4.93. The molecule has 6 rings (SSSR count). The predicted molar refractivity (Wildman–Crippen MR) is 172 cm³/mol. The predicted octanol–water partition coefficient (Wildman–Crippen LogP) is 5.63. The Kier molecular flexibility index (Phi) is 9.63. The molecule has 0 bridgehead atoms. The van der Waals surface area contributed by atoms with Crippen LogP contribution < -0.4 is 15.9 Å². The van der Waals surface area contributed by atoms with Crippen molar-refractivity contribution in [3.05, 3.63) is 116 Å². The third-order valence-electron chi connectivity index (χ3n) is 7.63. The molecule has 18 heteroatoms. The van der Waals surface area contributed by atoms with Gasteiger partial charge in [-0.15, -0.1) is 0 Å². The average molecular weight is 715 g/mol. The number of rotatable bonds is 5.